The SMILES string of the molecule is CC(C)CC(NC(=O)[C@H](CO)NC(=O)C1Cc2ccccc2CN1C(=O)OC(C)(C)C)C(=O)C1(CO)CO1. The van der Waals surface area contributed by atoms with Crippen LogP contribution < -0.4 is 10.6 Å². The van der Waals surface area contributed by atoms with Crippen LogP contribution >= 0.6 is 0 Å². The second-order valence-corrected chi connectivity index (χ2v) is 11.3. The lowest BCUT2D eigenvalue weighted by Crippen LogP contribution is -2.60. The standard InChI is InChI=1S/C27H39N3O8/c1-16(2)10-19(22(33)27(14-32)15-37-27)28-23(34)20(13-31)29-24(35)21-11-17-8-6-7-9-18(17)12-30(21)25(36)38-26(3,4)5/h6-9,16,19-21,31-32H,10-15H2,1-5H3,(H,28,34)(H,29,35)/t19?,20-,21?,27?/m0/s1. The maximum Gasteiger partial charge on any atom is 0.411 e. The zero-order valence-corrected chi connectivity index (χ0v) is 22.7. The molecule has 210 valence electrons. The lowest BCUT2D eigenvalue weighted by atomic mass is 9.92. The number of Topliss-reactive ketones (excluding diaryl/α,β-unsaturated/α-hetero) is 1. The summed E-state index contributed by atoms with van der Waals surface area (Å²) in [5.74, 6) is -1.81. The van der Waals surface area contributed by atoms with Gasteiger partial charge < -0.3 is 30.3 Å². The molecule has 1 saturated heterocycles. The molecule has 3 amide bonds. The number of epoxide rings is 1. The van der Waals surface area contributed by atoms with Crippen LogP contribution in [0.4, 0.5) is 4.79 Å². The van der Waals surface area contributed by atoms with E-state index in [9.17, 15) is 29.4 Å². The number of ether oxygens (including phenoxy) is 2. The third-order valence-electron chi connectivity index (χ3n) is 6.53. The molecule has 0 aliphatic carbocycles. The van der Waals surface area contributed by atoms with Crippen LogP contribution in [0.3, 0.4) is 0 Å². The summed E-state index contributed by atoms with van der Waals surface area (Å²) in [6.45, 7) is 7.93. The monoisotopic (exact) mass is 533 g/mol. The van der Waals surface area contributed by atoms with Crippen LogP contribution in [-0.4, -0.2) is 88.0 Å². The van der Waals surface area contributed by atoms with E-state index >= 15 is 0 Å². The first-order valence-corrected chi connectivity index (χ1v) is 12.9. The Balaban J connectivity index is 1.76. The Morgan fingerprint density at radius 2 is 1.74 bits per heavy atom. The number of rotatable bonds is 10. The molecular formula is C27H39N3O8. The summed E-state index contributed by atoms with van der Waals surface area (Å²) in [6, 6.07) is 4.12. The highest BCUT2D eigenvalue weighted by molar-refractivity contribution is 5.98. The first kappa shape index (κ1) is 29.5. The number of nitrogens with one attached hydrogen (secondary N) is 2. The fraction of sp³-hybridized carbons (Fsp3) is 0.630. The fourth-order valence-corrected chi connectivity index (χ4v) is 4.42. The number of nitrogens with zero attached hydrogens (tertiary/aromatic N) is 1. The van der Waals surface area contributed by atoms with Crippen LogP contribution in [-0.2, 0) is 36.8 Å². The van der Waals surface area contributed by atoms with E-state index in [2.05, 4.69) is 10.6 Å². The minimum Gasteiger partial charge on any atom is -0.444 e. The number of ketones is 1. The predicted octanol–water partition coefficient (Wildman–Crippen LogP) is 0.687. The van der Waals surface area contributed by atoms with Gasteiger partial charge in [0.25, 0.3) is 0 Å². The number of aliphatic hydroxyl groups excluding tert-OH is 2. The Morgan fingerprint density at radius 1 is 1.11 bits per heavy atom. The third-order valence-corrected chi connectivity index (χ3v) is 6.53. The van der Waals surface area contributed by atoms with Gasteiger partial charge in [0, 0.05) is 6.42 Å². The summed E-state index contributed by atoms with van der Waals surface area (Å²) < 4.78 is 10.7. The van der Waals surface area contributed by atoms with Crippen molar-refractivity contribution in [2.24, 2.45) is 5.92 Å². The Hall–Kier alpha value is -3.02. The van der Waals surface area contributed by atoms with Gasteiger partial charge in [0.1, 0.15) is 17.7 Å². The summed E-state index contributed by atoms with van der Waals surface area (Å²) in [7, 11) is 0. The van der Waals surface area contributed by atoms with E-state index in [4.69, 9.17) is 9.47 Å². The Labute approximate surface area is 222 Å². The first-order valence-electron chi connectivity index (χ1n) is 12.9. The van der Waals surface area contributed by atoms with Gasteiger partial charge in [-0.2, -0.15) is 0 Å². The van der Waals surface area contributed by atoms with Gasteiger partial charge in [0.05, 0.1) is 32.4 Å². The number of aliphatic hydroxyl groups is 2. The molecule has 4 N–H and O–H groups in total. The van der Waals surface area contributed by atoms with Crippen molar-refractivity contribution < 1.29 is 38.9 Å². The van der Waals surface area contributed by atoms with Crippen LogP contribution in [0.1, 0.15) is 52.2 Å². The smallest absolute Gasteiger partial charge is 0.411 e. The second-order valence-electron chi connectivity index (χ2n) is 11.3. The maximum atomic E-state index is 13.4. The lowest BCUT2D eigenvalue weighted by Gasteiger charge is -2.37. The first-order chi connectivity index (χ1) is 17.8. The molecule has 2 heterocycles. The molecule has 0 radical (unpaired) electrons. The van der Waals surface area contributed by atoms with Gasteiger partial charge in [-0.05, 0) is 44.2 Å². The van der Waals surface area contributed by atoms with E-state index in [1.165, 1.54) is 4.90 Å². The molecule has 11 heteroatoms. The zero-order chi connectivity index (χ0) is 28.3. The molecule has 3 unspecified atom stereocenters. The van der Waals surface area contributed by atoms with Crippen LogP contribution in [0.25, 0.3) is 0 Å². The molecule has 0 bridgehead atoms. The van der Waals surface area contributed by atoms with Gasteiger partial charge >= 0.3 is 6.09 Å². The molecule has 11 nitrogen and oxygen atoms in total. The number of amides is 3. The zero-order valence-electron chi connectivity index (χ0n) is 22.7. The molecule has 4 atom stereocenters. The average molecular weight is 534 g/mol. The van der Waals surface area contributed by atoms with Gasteiger partial charge in [0.2, 0.25) is 11.8 Å². The van der Waals surface area contributed by atoms with Crippen molar-refractivity contribution in [1.82, 2.24) is 15.5 Å². The third kappa shape index (κ3) is 7.09. The Kier molecular flexibility index (Phi) is 9.17. The Morgan fingerprint density at radius 3 is 2.26 bits per heavy atom. The van der Waals surface area contributed by atoms with Crippen molar-refractivity contribution in [3.05, 3.63) is 35.4 Å². The largest absolute Gasteiger partial charge is 0.444 e. The number of fused-ring (bicyclic) bond motifs is 1. The van der Waals surface area contributed by atoms with E-state index in [-0.39, 0.29) is 31.9 Å². The van der Waals surface area contributed by atoms with Crippen molar-refractivity contribution in [3.63, 3.8) is 0 Å². The summed E-state index contributed by atoms with van der Waals surface area (Å²) in [5.41, 5.74) is -0.334. The van der Waals surface area contributed by atoms with E-state index in [0.29, 0.717) is 0 Å². The number of carbonyl (C=O) groups excluding carboxylic acids is 4. The average Bonchev–Trinajstić information content (AvgIpc) is 3.65. The molecule has 0 aromatic heterocycles. The highest BCUT2D eigenvalue weighted by atomic mass is 16.6. The van der Waals surface area contributed by atoms with Crippen molar-refractivity contribution in [3.8, 4) is 0 Å². The molecule has 0 saturated carbocycles. The number of carbonyl (C=O) groups is 4. The van der Waals surface area contributed by atoms with Crippen molar-refractivity contribution >= 4 is 23.7 Å². The molecule has 38 heavy (non-hydrogen) atoms. The highest BCUT2D eigenvalue weighted by Gasteiger charge is 2.54. The summed E-state index contributed by atoms with van der Waals surface area (Å²) in [5, 5.41) is 24.7. The maximum absolute atomic E-state index is 13.4. The molecule has 1 aromatic rings. The summed E-state index contributed by atoms with van der Waals surface area (Å²) in [4.78, 5) is 53.8. The van der Waals surface area contributed by atoms with E-state index in [1.807, 2.05) is 38.1 Å². The normalized spacial score (nSPS) is 22.2. The fourth-order valence-electron chi connectivity index (χ4n) is 4.42. The van der Waals surface area contributed by atoms with Crippen molar-refractivity contribution in [2.75, 3.05) is 19.8 Å². The molecule has 0 spiro atoms. The van der Waals surface area contributed by atoms with Crippen LogP contribution in [0, 0.1) is 5.92 Å². The minimum absolute atomic E-state index is 0.0330. The van der Waals surface area contributed by atoms with Crippen LogP contribution in [0.15, 0.2) is 24.3 Å². The Bertz CT molecular complexity index is 1050. The van der Waals surface area contributed by atoms with E-state index < -0.39 is 66.2 Å². The molecular weight excluding hydrogens is 494 g/mol. The quantitative estimate of drug-likeness (QED) is 0.320. The van der Waals surface area contributed by atoms with Crippen LogP contribution in [0.2, 0.25) is 0 Å². The molecule has 1 aromatic carbocycles. The minimum atomic E-state index is -1.37. The topological polar surface area (TPSA) is 158 Å². The molecule has 3 rings (SSSR count). The predicted molar refractivity (Wildman–Crippen MR) is 137 cm³/mol. The molecule has 2 aliphatic rings. The summed E-state index contributed by atoms with van der Waals surface area (Å²) >= 11 is 0. The van der Waals surface area contributed by atoms with Gasteiger partial charge in [-0.1, -0.05) is 38.1 Å². The number of hydrogen-bond acceptors (Lipinski definition) is 8. The summed E-state index contributed by atoms with van der Waals surface area (Å²) in [6.07, 6.45) is -0.183. The highest BCUT2D eigenvalue weighted by Crippen LogP contribution is 2.30. The van der Waals surface area contributed by atoms with Gasteiger partial charge in [-0.15, -0.1) is 0 Å². The van der Waals surface area contributed by atoms with Crippen LogP contribution in [0.5, 0.6) is 0 Å². The number of hydrogen-bond donors (Lipinski definition) is 4. The van der Waals surface area contributed by atoms with Gasteiger partial charge in [-0.3, -0.25) is 19.3 Å². The van der Waals surface area contributed by atoms with Crippen molar-refractivity contribution in [1.29, 1.82) is 0 Å². The van der Waals surface area contributed by atoms with E-state index in [1.54, 1.807) is 20.8 Å². The van der Waals surface area contributed by atoms with Crippen molar-refractivity contribution in [2.45, 2.75) is 83.3 Å². The van der Waals surface area contributed by atoms with Gasteiger partial charge in [-0.25, -0.2) is 4.79 Å². The van der Waals surface area contributed by atoms with E-state index in [0.717, 1.165) is 11.1 Å². The lowest BCUT2D eigenvalue weighted by molar-refractivity contribution is -0.136. The van der Waals surface area contributed by atoms with Gasteiger partial charge in [0.15, 0.2) is 11.4 Å². The number of benzene rings is 1. The second kappa shape index (κ2) is 11.8. The molecule has 2 aliphatic heterocycles. The molecule has 1 fully saturated rings.